The maximum Gasteiger partial charge on any atom is 0.335 e. The summed E-state index contributed by atoms with van der Waals surface area (Å²) < 4.78 is 2.03. The monoisotopic (exact) mass is 396 g/mol. The van der Waals surface area contributed by atoms with Gasteiger partial charge in [-0.15, -0.1) is 0 Å². The van der Waals surface area contributed by atoms with Crippen LogP contribution < -0.4 is 4.90 Å². The number of hydrogen-bond donors (Lipinski definition) is 1. The second-order valence-electron chi connectivity index (χ2n) is 7.48. The van der Waals surface area contributed by atoms with E-state index in [0.717, 1.165) is 27.7 Å². The number of fused-ring (bicyclic) bond motifs is 3. The number of nitrogens with zero attached hydrogens (tertiary/aromatic N) is 2. The third-order valence-corrected chi connectivity index (χ3v) is 5.70. The van der Waals surface area contributed by atoms with E-state index in [-0.39, 0.29) is 11.5 Å². The maximum atomic E-state index is 13.6. The molecule has 1 aliphatic rings. The van der Waals surface area contributed by atoms with Gasteiger partial charge in [0.15, 0.2) is 0 Å². The molecule has 5 heteroatoms. The van der Waals surface area contributed by atoms with Crippen LogP contribution in [0.4, 0.5) is 5.69 Å². The van der Waals surface area contributed by atoms with Gasteiger partial charge >= 0.3 is 5.97 Å². The van der Waals surface area contributed by atoms with Gasteiger partial charge in [-0.3, -0.25) is 4.79 Å². The van der Waals surface area contributed by atoms with Crippen LogP contribution in [0.3, 0.4) is 0 Å². The second-order valence-corrected chi connectivity index (χ2v) is 7.48. The Morgan fingerprint density at radius 3 is 2.33 bits per heavy atom. The predicted octanol–water partition coefficient (Wildman–Crippen LogP) is 4.59. The van der Waals surface area contributed by atoms with Crippen molar-refractivity contribution in [3.05, 3.63) is 101 Å². The first kappa shape index (κ1) is 18.2. The van der Waals surface area contributed by atoms with Gasteiger partial charge in [-0.05, 0) is 47.9 Å². The first-order chi connectivity index (χ1) is 14.6. The minimum absolute atomic E-state index is 0.0496. The second kappa shape index (κ2) is 7.19. The van der Waals surface area contributed by atoms with Crippen molar-refractivity contribution in [2.75, 3.05) is 11.4 Å². The molecule has 2 heterocycles. The zero-order valence-electron chi connectivity index (χ0n) is 16.3. The number of aromatic carboxylic acids is 1. The van der Waals surface area contributed by atoms with Gasteiger partial charge in [0, 0.05) is 29.7 Å². The van der Waals surface area contributed by atoms with Crippen molar-refractivity contribution in [1.29, 1.82) is 0 Å². The van der Waals surface area contributed by atoms with Crippen molar-refractivity contribution >= 4 is 28.5 Å². The summed E-state index contributed by atoms with van der Waals surface area (Å²) in [6.45, 7) is 1.12. The van der Waals surface area contributed by atoms with Crippen molar-refractivity contribution < 1.29 is 14.7 Å². The number of hydrogen-bond acceptors (Lipinski definition) is 2. The van der Waals surface area contributed by atoms with Crippen LogP contribution in [0.1, 0.15) is 32.0 Å². The third-order valence-electron chi connectivity index (χ3n) is 5.70. The number of carbonyl (C=O) groups excluding carboxylic acids is 1. The molecule has 3 aromatic carbocycles. The molecule has 0 aliphatic carbocycles. The van der Waals surface area contributed by atoms with Crippen molar-refractivity contribution in [3.63, 3.8) is 0 Å². The molecule has 0 unspecified atom stereocenters. The smallest absolute Gasteiger partial charge is 0.335 e. The number of carbonyl (C=O) groups is 2. The van der Waals surface area contributed by atoms with Gasteiger partial charge in [0.05, 0.1) is 5.56 Å². The van der Waals surface area contributed by atoms with Gasteiger partial charge in [-0.2, -0.15) is 0 Å². The van der Waals surface area contributed by atoms with Gasteiger partial charge in [0.25, 0.3) is 5.91 Å². The molecule has 0 fully saturated rings. The molecular formula is C25H20N2O3. The molecule has 5 nitrogen and oxygen atoms in total. The SMILES string of the molecule is O=C(O)c1ccc2c(c1)c1c(n2Cc2ccccc2)C(=O)N(c2ccccc2)CC1. The van der Waals surface area contributed by atoms with Crippen LogP contribution in [0.25, 0.3) is 10.9 Å². The van der Waals surface area contributed by atoms with E-state index in [1.807, 2.05) is 71.3 Å². The Morgan fingerprint density at radius 2 is 1.63 bits per heavy atom. The number of aromatic nitrogens is 1. The summed E-state index contributed by atoms with van der Waals surface area (Å²) in [7, 11) is 0. The van der Waals surface area contributed by atoms with Crippen LogP contribution in [-0.4, -0.2) is 28.1 Å². The first-order valence-corrected chi connectivity index (χ1v) is 9.93. The van der Waals surface area contributed by atoms with E-state index >= 15 is 0 Å². The first-order valence-electron chi connectivity index (χ1n) is 9.93. The summed E-state index contributed by atoms with van der Waals surface area (Å²) in [4.78, 5) is 26.9. The van der Waals surface area contributed by atoms with Gasteiger partial charge in [0.2, 0.25) is 0 Å². The molecule has 148 valence electrons. The topological polar surface area (TPSA) is 62.5 Å². The lowest BCUT2D eigenvalue weighted by Crippen LogP contribution is -2.38. The average Bonchev–Trinajstić information content (AvgIpc) is 3.09. The fourth-order valence-corrected chi connectivity index (χ4v) is 4.29. The number of amides is 1. The lowest BCUT2D eigenvalue weighted by atomic mass is 10.0. The van der Waals surface area contributed by atoms with Crippen molar-refractivity contribution in [3.8, 4) is 0 Å². The summed E-state index contributed by atoms with van der Waals surface area (Å²) in [5.74, 6) is -1.01. The molecule has 0 saturated heterocycles. The van der Waals surface area contributed by atoms with Crippen LogP contribution >= 0.6 is 0 Å². The molecule has 0 radical (unpaired) electrons. The highest BCUT2D eigenvalue weighted by molar-refractivity contribution is 6.11. The van der Waals surface area contributed by atoms with Gasteiger partial charge in [-0.1, -0.05) is 48.5 Å². The van der Waals surface area contributed by atoms with Crippen molar-refractivity contribution in [2.24, 2.45) is 0 Å². The van der Waals surface area contributed by atoms with E-state index in [1.165, 1.54) is 0 Å². The summed E-state index contributed by atoms with van der Waals surface area (Å²) in [6.07, 6.45) is 0.678. The molecule has 1 N–H and O–H groups in total. The van der Waals surface area contributed by atoms with Gasteiger partial charge in [-0.25, -0.2) is 4.79 Å². The normalized spacial score (nSPS) is 13.5. The lowest BCUT2D eigenvalue weighted by molar-refractivity contribution is 0.0697. The van der Waals surface area contributed by atoms with Crippen LogP contribution in [0.15, 0.2) is 78.9 Å². The van der Waals surface area contributed by atoms with Crippen molar-refractivity contribution in [1.82, 2.24) is 4.57 Å². The van der Waals surface area contributed by atoms with E-state index in [4.69, 9.17) is 0 Å². The Balaban J connectivity index is 1.70. The molecule has 1 amide bonds. The highest BCUT2D eigenvalue weighted by Crippen LogP contribution is 2.34. The Labute approximate surface area is 173 Å². The quantitative estimate of drug-likeness (QED) is 0.549. The zero-order chi connectivity index (χ0) is 20.7. The van der Waals surface area contributed by atoms with Crippen LogP contribution in [-0.2, 0) is 13.0 Å². The minimum Gasteiger partial charge on any atom is -0.478 e. The Bertz CT molecular complexity index is 1260. The molecule has 1 aromatic heterocycles. The van der Waals surface area contributed by atoms with Crippen LogP contribution in [0.5, 0.6) is 0 Å². The number of para-hydroxylation sites is 1. The average molecular weight is 396 g/mol. The lowest BCUT2D eigenvalue weighted by Gasteiger charge is -2.28. The predicted molar refractivity (Wildman–Crippen MR) is 116 cm³/mol. The van der Waals surface area contributed by atoms with E-state index < -0.39 is 5.97 Å². The Morgan fingerprint density at radius 1 is 0.933 bits per heavy atom. The highest BCUT2D eigenvalue weighted by atomic mass is 16.4. The van der Waals surface area contributed by atoms with Crippen molar-refractivity contribution in [2.45, 2.75) is 13.0 Å². The summed E-state index contributed by atoms with van der Waals surface area (Å²) in [5.41, 5.74) is 4.66. The standard InChI is InChI=1S/C25H20N2O3/c28-24-23-20(13-14-26(24)19-9-5-2-6-10-19)21-15-18(25(29)30)11-12-22(21)27(23)16-17-7-3-1-4-8-17/h1-12,15H,13-14,16H2,(H,29,30). The van der Waals surface area contributed by atoms with E-state index in [1.54, 1.807) is 17.0 Å². The van der Waals surface area contributed by atoms with E-state index in [2.05, 4.69) is 0 Å². The molecule has 1 aliphatic heterocycles. The molecule has 30 heavy (non-hydrogen) atoms. The summed E-state index contributed by atoms with van der Waals surface area (Å²) in [5, 5.41) is 10.3. The largest absolute Gasteiger partial charge is 0.478 e. The number of carboxylic acid groups (broad SMARTS) is 1. The molecule has 0 atom stereocenters. The highest BCUT2D eigenvalue weighted by Gasteiger charge is 2.32. The number of carboxylic acids is 1. The molecule has 0 bridgehead atoms. The Hall–Kier alpha value is -3.86. The zero-order valence-corrected chi connectivity index (χ0v) is 16.3. The third kappa shape index (κ3) is 2.95. The number of anilines is 1. The fraction of sp³-hybridized carbons (Fsp3) is 0.120. The fourth-order valence-electron chi connectivity index (χ4n) is 4.29. The maximum absolute atomic E-state index is 13.6. The van der Waals surface area contributed by atoms with Crippen LogP contribution in [0.2, 0.25) is 0 Å². The molecule has 0 saturated carbocycles. The number of rotatable bonds is 4. The van der Waals surface area contributed by atoms with E-state index in [9.17, 15) is 14.7 Å². The molecule has 4 aromatic rings. The molecular weight excluding hydrogens is 376 g/mol. The minimum atomic E-state index is -0.963. The Kier molecular flexibility index (Phi) is 4.36. The van der Waals surface area contributed by atoms with E-state index in [0.29, 0.717) is 25.2 Å². The van der Waals surface area contributed by atoms with Crippen LogP contribution in [0, 0.1) is 0 Å². The van der Waals surface area contributed by atoms with Gasteiger partial charge < -0.3 is 14.6 Å². The number of benzene rings is 3. The summed E-state index contributed by atoms with van der Waals surface area (Å²) in [6, 6.07) is 24.8. The molecule has 0 spiro atoms. The molecule has 5 rings (SSSR count). The summed E-state index contributed by atoms with van der Waals surface area (Å²) >= 11 is 0. The van der Waals surface area contributed by atoms with Gasteiger partial charge in [0.1, 0.15) is 5.69 Å².